The number of carboxylic acids is 1. The summed E-state index contributed by atoms with van der Waals surface area (Å²) in [5.41, 5.74) is 6.99. The van der Waals surface area contributed by atoms with Crippen LogP contribution in [-0.2, 0) is 24.2 Å². The van der Waals surface area contributed by atoms with Crippen LogP contribution in [0.2, 0.25) is 0 Å². The predicted molar refractivity (Wildman–Crippen MR) is 87.2 cm³/mol. The summed E-state index contributed by atoms with van der Waals surface area (Å²) in [6.07, 6.45) is 1.69. The number of benzene rings is 1. The summed E-state index contributed by atoms with van der Waals surface area (Å²) >= 11 is 0. The van der Waals surface area contributed by atoms with Crippen LogP contribution in [0.15, 0.2) is 12.1 Å². The van der Waals surface area contributed by atoms with Crippen molar-refractivity contribution in [2.24, 2.45) is 0 Å². The van der Waals surface area contributed by atoms with E-state index < -0.39 is 5.97 Å². The zero-order chi connectivity index (χ0) is 15.9. The lowest BCUT2D eigenvalue weighted by atomic mass is 9.90. The summed E-state index contributed by atoms with van der Waals surface area (Å²) in [6, 6.07) is 4.28. The number of aliphatic carboxylic acids is 1. The maximum atomic E-state index is 11.1. The highest BCUT2D eigenvalue weighted by atomic mass is 16.4. The highest BCUT2D eigenvalue weighted by Crippen LogP contribution is 2.31. The van der Waals surface area contributed by atoms with Crippen molar-refractivity contribution in [2.45, 2.75) is 39.7 Å². The van der Waals surface area contributed by atoms with Gasteiger partial charge in [-0.25, -0.2) is 0 Å². The summed E-state index contributed by atoms with van der Waals surface area (Å²) < 4.78 is 0. The number of fused-ring (bicyclic) bond motifs is 2. The number of carboxylic acid groups (broad SMARTS) is 1. The van der Waals surface area contributed by atoms with Crippen LogP contribution in [0.5, 0.6) is 0 Å². The van der Waals surface area contributed by atoms with Crippen molar-refractivity contribution in [1.29, 1.82) is 0 Å². The Morgan fingerprint density at radius 2 is 2.14 bits per heavy atom. The number of aryl methyl sites for hydroxylation is 3. The van der Waals surface area contributed by atoms with Crippen molar-refractivity contribution in [3.63, 3.8) is 0 Å². The first-order chi connectivity index (χ1) is 10.5. The van der Waals surface area contributed by atoms with Gasteiger partial charge in [0, 0.05) is 37.0 Å². The standard InChI is InChI=1S/C18H22N2O2/c1-11-8-12(2)18-13(4-5-17(21)22)14-10-20(3)7-6-15(14)19-16(18)9-11/h8-9H,4-7,10H2,1-3H3,(H,21,22). The zero-order valence-corrected chi connectivity index (χ0v) is 13.4. The number of hydrogen-bond acceptors (Lipinski definition) is 3. The Balaban J connectivity index is 2.25. The Morgan fingerprint density at radius 1 is 1.36 bits per heavy atom. The normalized spacial score (nSPS) is 15.0. The Morgan fingerprint density at radius 3 is 2.86 bits per heavy atom. The molecular formula is C18H22N2O2. The topological polar surface area (TPSA) is 53.4 Å². The molecule has 0 bridgehead atoms. The fourth-order valence-electron chi connectivity index (χ4n) is 3.51. The Labute approximate surface area is 130 Å². The van der Waals surface area contributed by atoms with Crippen molar-refractivity contribution in [2.75, 3.05) is 13.6 Å². The molecule has 1 N–H and O–H groups in total. The Hall–Kier alpha value is -1.94. The van der Waals surface area contributed by atoms with E-state index in [9.17, 15) is 4.79 Å². The van der Waals surface area contributed by atoms with Crippen LogP contribution in [0.1, 0.15) is 34.4 Å². The number of aromatic nitrogens is 1. The molecule has 0 atom stereocenters. The van der Waals surface area contributed by atoms with E-state index in [0.29, 0.717) is 6.42 Å². The minimum Gasteiger partial charge on any atom is -0.481 e. The van der Waals surface area contributed by atoms with Crippen LogP contribution in [0, 0.1) is 13.8 Å². The number of hydrogen-bond donors (Lipinski definition) is 1. The Bertz CT molecular complexity index is 753. The van der Waals surface area contributed by atoms with Gasteiger partial charge in [-0.15, -0.1) is 0 Å². The monoisotopic (exact) mass is 298 g/mol. The second-order valence-corrected chi connectivity index (χ2v) is 6.37. The van der Waals surface area contributed by atoms with Crippen LogP contribution in [0.3, 0.4) is 0 Å². The molecule has 0 radical (unpaired) electrons. The summed E-state index contributed by atoms with van der Waals surface area (Å²) in [4.78, 5) is 18.2. The van der Waals surface area contributed by atoms with Crippen molar-refractivity contribution in [3.05, 3.63) is 40.1 Å². The van der Waals surface area contributed by atoms with Crippen molar-refractivity contribution in [1.82, 2.24) is 9.88 Å². The number of pyridine rings is 1. The molecule has 0 saturated heterocycles. The molecule has 22 heavy (non-hydrogen) atoms. The summed E-state index contributed by atoms with van der Waals surface area (Å²) in [6.45, 7) is 6.05. The van der Waals surface area contributed by atoms with Gasteiger partial charge in [-0.1, -0.05) is 6.07 Å². The average Bonchev–Trinajstić information content (AvgIpc) is 2.43. The molecule has 0 amide bonds. The summed E-state index contributed by atoms with van der Waals surface area (Å²) in [5.74, 6) is -0.743. The molecule has 0 spiro atoms. The van der Waals surface area contributed by atoms with Gasteiger partial charge in [0.05, 0.1) is 5.52 Å². The minimum atomic E-state index is -0.743. The largest absolute Gasteiger partial charge is 0.481 e. The van der Waals surface area contributed by atoms with E-state index in [1.54, 1.807) is 0 Å². The Kier molecular flexibility index (Phi) is 3.87. The van der Waals surface area contributed by atoms with Crippen molar-refractivity contribution >= 4 is 16.9 Å². The van der Waals surface area contributed by atoms with Gasteiger partial charge in [0.1, 0.15) is 0 Å². The third-order valence-electron chi connectivity index (χ3n) is 4.48. The van der Waals surface area contributed by atoms with E-state index in [-0.39, 0.29) is 6.42 Å². The van der Waals surface area contributed by atoms with Gasteiger partial charge in [0.15, 0.2) is 0 Å². The van der Waals surface area contributed by atoms with Gasteiger partial charge in [-0.2, -0.15) is 0 Å². The van der Waals surface area contributed by atoms with Gasteiger partial charge >= 0.3 is 5.97 Å². The van der Waals surface area contributed by atoms with E-state index in [1.165, 1.54) is 22.3 Å². The van der Waals surface area contributed by atoms with E-state index in [0.717, 1.165) is 36.1 Å². The maximum absolute atomic E-state index is 11.1. The van der Waals surface area contributed by atoms with Crippen molar-refractivity contribution in [3.8, 4) is 0 Å². The van der Waals surface area contributed by atoms with Crippen LogP contribution < -0.4 is 0 Å². The highest BCUT2D eigenvalue weighted by Gasteiger charge is 2.21. The quantitative estimate of drug-likeness (QED) is 0.946. The minimum absolute atomic E-state index is 0.169. The molecule has 0 saturated carbocycles. The third-order valence-corrected chi connectivity index (χ3v) is 4.48. The SMILES string of the molecule is Cc1cc(C)c2c(CCC(=O)O)c3c(nc2c1)CCN(C)C3. The predicted octanol–water partition coefficient (Wildman–Crippen LogP) is 2.86. The summed E-state index contributed by atoms with van der Waals surface area (Å²) in [7, 11) is 2.11. The molecule has 2 aromatic rings. The molecule has 0 unspecified atom stereocenters. The number of carbonyl (C=O) groups is 1. The molecular weight excluding hydrogens is 276 g/mol. The molecule has 3 rings (SSSR count). The van der Waals surface area contributed by atoms with Gasteiger partial charge in [-0.3, -0.25) is 9.78 Å². The second-order valence-electron chi connectivity index (χ2n) is 6.37. The lowest BCUT2D eigenvalue weighted by Crippen LogP contribution is -2.28. The van der Waals surface area contributed by atoms with Gasteiger partial charge < -0.3 is 10.0 Å². The van der Waals surface area contributed by atoms with E-state index >= 15 is 0 Å². The molecule has 0 fully saturated rings. The van der Waals surface area contributed by atoms with Gasteiger partial charge in [-0.05, 0) is 55.6 Å². The second kappa shape index (κ2) is 5.69. The lowest BCUT2D eigenvalue weighted by Gasteiger charge is -2.28. The van der Waals surface area contributed by atoms with E-state index in [2.05, 4.69) is 37.9 Å². The smallest absolute Gasteiger partial charge is 0.303 e. The van der Waals surface area contributed by atoms with Gasteiger partial charge in [0.25, 0.3) is 0 Å². The fraction of sp³-hybridized carbons (Fsp3) is 0.444. The third kappa shape index (κ3) is 2.71. The highest BCUT2D eigenvalue weighted by molar-refractivity contribution is 5.88. The van der Waals surface area contributed by atoms with Crippen LogP contribution in [0.4, 0.5) is 0 Å². The first-order valence-electron chi connectivity index (χ1n) is 7.77. The first-order valence-corrected chi connectivity index (χ1v) is 7.77. The molecule has 0 aliphatic carbocycles. The lowest BCUT2D eigenvalue weighted by molar-refractivity contribution is -0.136. The number of nitrogens with zero attached hydrogens (tertiary/aromatic N) is 2. The van der Waals surface area contributed by atoms with Crippen LogP contribution in [-0.4, -0.2) is 34.6 Å². The van der Waals surface area contributed by atoms with Crippen LogP contribution >= 0.6 is 0 Å². The molecule has 4 nitrogen and oxygen atoms in total. The van der Waals surface area contributed by atoms with Crippen LogP contribution in [0.25, 0.3) is 10.9 Å². The van der Waals surface area contributed by atoms with E-state index in [1.807, 2.05) is 0 Å². The molecule has 1 aliphatic rings. The van der Waals surface area contributed by atoms with E-state index in [4.69, 9.17) is 10.1 Å². The van der Waals surface area contributed by atoms with Gasteiger partial charge in [0.2, 0.25) is 0 Å². The first kappa shape index (κ1) is 15.0. The average molecular weight is 298 g/mol. The zero-order valence-electron chi connectivity index (χ0n) is 13.4. The fourth-order valence-corrected chi connectivity index (χ4v) is 3.51. The molecule has 1 aromatic heterocycles. The molecule has 116 valence electrons. The number of rotatable bonds is 3. The molecule has 1 aromatic carbocycles. The molecule has 4 heteroatoms. The molecule has 2 heterocycles. The molecule has 1 aliphatic heterocycles. The maximum Gasteiger partial charge on any atom is 0.303 e. The summed E-state index contributed by atoms with van der Waals surface area (Å²) in [5, 5.41) is 10.2. The van der Waals surface area contributed by atoms with Crippen molar-refractivity contribution < 1.29 is 9.90 Å². The number of likely N-dealkylation sites (N-methyl/N-ethyl adjacent to an activating group) is 1.